The largest absolute Gasteiger partial charge is 0.550 e. The van der Waals surface area contributed by atoms with Gasteiger partial charge in [-0.15, -0.1) is 0 Å². The molecule has 2 aliphatic rings. The molecule has 3 aromatic rings. The van der Waals surface area contributed by atoms with Gasteiger partial charge in [0.25, 0.3) is 0 Å². The number of aliphatic hydroxyl groups is 1. The van der Waals surface area contributed by atoms with Gasteiger partial charge in [0.15, 0.2) is 0 Å². The maximum Gasteiger partial charge on any atom is 0.120 e. The standard InChI is InChI=1S/C31H34O5/c1-19-13-25(35-12-11-32)14-20(2)30(19)26-6-4-5-22(21(26)3)18-36-24-7-8-27-23(15-24)17-31(9-10-31)28(27)16-29(33)34/h4-8,13-15,28,32H,9-12,16-18H2,1-3H3,(H,33,34)/p-1. The quantitative estimate of drug-likeness (QED) is 0.472. The highest BCUT2D eigenvalue weighted by Crippen LogP contribution is 2.64. The third kappa shape index (κ3) is 4.60. The van der Waals surface area contributed by atoms with Gasteiger partial charge in [-0.25, -0.2) is 0 Å². The minimum atomic E-state index is -0.965. The van der Waals surface area contributed by atoms with E-state index in [2.05, 4.69) is 51.1 Å². The molecule has 0 saturated heterocycles. The van der Waals surface area contributed by atoms with Gasteiger partial charge < -0.3 is 24.5 Å². The van der Waals surface area contributed by atoms with Gasteiger partial charge in [0.1, 0.15) is 24.7 Å². The molecule has 1 spiro atoms. The SMILES string of the molecule is Cc1cc(OCCO)cc(C)c1-c1cccc(COc2ccc3c(c2)CC2(CC2)C3CC(=O)[O-])c1C. The average Bonchev–Trinajstić information content (AvgIpc) is 3.55. The van der Waals surface area contributed by atoms with Crippen LogP contribution in [0.3, 0.4) is 0 Å². The van der Waals surface area contributed by atoms with Gasteiger partial charge in [0, 0.05) is 5.97 Å². The summed E-state index contributed by atoms with van der Waals surface area (Å²) >= 11 is 0. The maximum atomic E-state index is 11.3. The van der Waals surface area contributed by atoms with Gasteiger partial charge in [-0.1, -0.05) is 24.3 Å². The zero-order valence-electron chi connectivity index (χ0n) is 21.2. The maximum absolute atomic E-state index is 11.3. The van der Waals surface area contributed by atoms with Crippen LogP contribution in [0, 0.1) is 26.2 Å². The van der Waals surface area contributed by atoms with E-state index >= 15 is 0 Å². The van der Waals surface area contributed by atoms with Crippen molar-refractivity contribution in [1.29, 1.82) is 0 Å². The lowest BCUT2D eigenvalue weighted by Gasteiger charge is -2.20. The van der Waals surface area contributed by atoms with Crippen LogP contribution < -0.4 is 14.6 Å². The Morgan fingerprint density at radius 1 is 1.03 bits per heavy atom. The molecule has 0 radical (unpaired) electrons. The lowest BCUT2D eigenvalue weighted by molar-refractivity contribution is -0.306. The fourth-order valence-electron chi connectivity index (χ4n) is 6.04. The van der Waals surface area contributed by atoms with E-state index in [9.17, 15) is 9.90 Å². The number of hydrogen-bond donors (Lipinski definition) is 1. The minimum absolute atomic E-state index is 0.00745. The highest BCUT2D eigenvalue weighted by atomic mass is 16.5. The van der Waals surface area contributed by atoms with E-state index in [0.717, 1.165) is 53.0 Å². The van der Waals surface area contributed by atoms with Crippen LogP contribution in [0.25, 0.3) is 11.1 Å². The van der Waals surface area contributed by atoms with E-state index < -0.39 is 5.97 Å². The topological polar surface area (TPSA) is 78.8 Å². The number of carboxylic acid groups (broad SMARTS) is 1. The first kappa shape index (κ1) is 24.4. The predicted molar refractivity (Wildman–Crippen MR) is 137 cm³/mol. The van der Waals surface area contributed by atoms with Crippen molar-refractivity contribution in [1.82, 2.24) is 0 Å². The van der Waals surface area contributed by atoms with Gasteiger partial charge in [0.2, 0.25) is 0 Å². The van der Waals surface area contributed by atoms with Crippen molar-refractivity contribution >= 4 is 5.97 Å². The average molecular weight is 486 g/mol. The Bertz CT molecular complexity index is 1280. The summed E-state index contributed by atoms with van der Waals surface area (Å²) in [6.45, 7) is 7.04. The number of aliphatic carboxylic acids is 1. The van der Waals surface area contributed by atoms with Crippen molar-refractivity contribution in [2.45, 2.75) is 59.0 Å². The molecule has 1 N–H and O–H groups in total. The minimum Gasteiger partial charge on any atom is -0.550 e. The monoisotopic (exact) mass is 485 g/mol. The fourth-order valence-corrected chi connectivity index (χ4v) is 6.04. The number of fused-ring (bicyclic) bond motifs is 1. The summed E-state index contributed by atoms with van der Waals surface area (Å²) in [5.74, 6) is 0.692. The van der Waals surface area contributed by atoms with Crippen LogP contribution in [0.5, 0.6) is 11.5 Å². The third-order valence-electron chi connectivity index (χ3n) is 8.01. The van der Waals surface area contributed by atoms with Crippen molar-refractivity contribution in [2.75, 3.05) is 13.2 Å². The molecule has 3 aromatic carbocycles. The summed E-state index contributed by atoms with van der Waals surface area (Å²) in [5.41, 5.74) is 9.43. The Morgan fingerprint density at radius 3 is 2.44 bits per heavy atom. The van der Waals surface area contributed by atoms with Gasteiger partial charge in [0.05, 0.1) is 6.61 Å². The first-order valence-electron chi connectivity index (χ1n) is 12.7. The van der Waals surface area contributed by atoms with E-state index in [1.54, 1.807) is 0 Å². The number of hydrogen-bond acceptors (Lipinski definition) is 5. The Kier molecular flexibility index (Phi) is 6.52. The third-order valence-corrected chi connectivity index (χ3v) is 8.01. The molecule has 0 aliphatic heterocycles. The first-order valence-corrected chi connectivity index (χ1v) is 12.7. The fraction of sp³-hybridized carbons (Fsp3) is 0.387. The molecule has 0 amide bonds. The van der Waals surface area contributed by atoms with Crippen molar-refractivity contribution in [3.8, 4) is 22.6 Å². The predicted octanol–water partition coefficient (Wildman–Crippen LogP) is 4.79. The summed E-state index contributed by atoms with van der Waals surface area (Å²) in [6, 6.07) is 16.5. The van der Waals surface area contributed by atoms with Crippen LogP contribution in [0.4, 0.5) is 0 Å². The Labute approximate surface area is 212 Å². The Balaban J connectivity index is 1.35. The number of ether oxygens (including phenoxy) is 2. The number of carbonyl (C=O) groups is 1. The second-order valence-corrected chi connectivity index (χ2v) is 10.4. The summed E-state index contributed by atoms with van der Waals surface area (Å²) < 4.78 is 11.9. The summed E-state index contributed by atoms with van der Waals surface area (Å²) in [4.78, 5) is 11.3. The molecule has 2 aliphatic carbocycles. The molecule has 0 bridgehead atoms. The van der Waals surface area contributed by atoms with Crippen LogP contribution >= 0.6 is 0 Å². The van der Waals surface area contributed by atoms with Crippen LogP contribution in [-0.2, 0) is 17.8 Å². The first-order chi connectivity index (χ1) is 17.3. The number of carbonyl (C=O) groups excluding carboxylic acids is 1. The Hall–Kier alpha value is -3.31. The lowest BCUT2D eigenvalue weighted by Crippen LogP contribution is -2.26. The van der Waals surface area contributed by atoms with E-state index in [1.165, 1.54) is 22.3 Å². The number of aliphatic hydroxyl groups excluding tert-OH is 1. The molecular formula is C31H33O5-. The molecular weight excluding hydrogens is 452 g/mol. The number of carboxylic acids is 1. The highest BCUT2D eigenvalue weighted by molar-refractivity contribution is 5.75. The van der Waals surface area contributed by atoms with Crippen LogP contribution in [-0.4, -0.2) is 24.3 Å². The van der Waals surface area contributed by atoms with Crippen molar-refractivity contribution in [3.05, 3.63) is 81.9 Å². The van der Waals surface area contributed by atoms with Crippen LogP contribution in [0.1, 0.15) is 58.6 Å². The molecule has 1 fully saturated rings. The van der Waals surface area contributed by atoms with Crippen LogP contribution in [0.2, 0.25) is 0 Å². The zero-order chi connectivity index (χ0) is 25.4. The Morgan fingerprint density at radius 2 is 1.78 bits per heavy atom. The second-order valence-electron chi connectivity index (χ2n) is 10.4. The van der Waals surface area contributed by atoms with Crippen LogP contribution in [0.15, 0.2) is 48.5 Å². The second kappa shape index (κ2) is 9.62. The van der Waals surface area contributed by atoms with Gasteiger partial charge in [-0.3, -0.25) is 0 Å². The molecule has 5 rings (SSSR count). The number of benzene rings is 3. The van der Waals surface area contributed by atoms with Gasteiger partial charge in [-0.2, -0.15) is 0 Å². The lowest BCUT2D eigenvalue weighted by atomic mass is 9.87. The normalized spacial score (nSPS) is 17.2. The van der Waals surface area contributed by atoms with E-state index in [0.29, 0.717) is 6.61 Å². The molecule has 1 atom stereocenters. The molecule has 0 aromatic heterocycles. The summed E-state index contributed by atoms with van der Waals surface area (Å²) in [7, 11) is 0. The number of rotatable bonds is 9. The summed E-state index contributed by atoms with van der Waals surface area (Å²) in [6.07, 6.45) is 3.22. The highest BCUT2D eigenvalue weighted by Gasteiger charge is 2.54. The van der Waals surface area contributed by atoms with Gasteiger partial charge in [-0.05, 0) is 127 Å². The molecule has 36 heavy (non-hydrogen) atoms. The van der Waals surface area contributed by atoms with Gasteiger partial charge >= 0.3 is 0 Å². The van der Waals surface area contributed by atoms with E-state index in [1.807, 2.05) is 18.2 Å². The molecule has 188 valence electrons. The van der Waals surface area contributed by atoms with E-state index in [-0.39, 0.29) is 31.0 Å². The van der Waals surface area contributed by atoms with E-state index in [4.69, 9.17) is 14.6 Å². The molecule has 5 heteroatoms. The number of aryl methyl sites for hydroxylation is 2. The van der Waals surface area contributed by atoms with Crippen molar-refractivity contribution in [2.24, 2.45) is 5.41 Å². The summed E-state index contributed by atoms with van der Waals surface area (Å²) in [5, 5.41) is 20.4. The van der Waals surface area contributed by atoms with Crippen molar-refractivity contribution in [3.63, 3.8) is 0 Å². The van der Waals surface area contributed by atoms with Crippen molar-refractivity contribution < 1.29 is 24.5 Å². The molecule has 5 nitrogen and oxygen atoms in total. The zero-order valence-corrected chi connectivity index (χ0v) is 21.2. The smallest absolute Gasteiger partial charge is 0.120 e. The molecule has 0 heterocycles. The molecule has 1 unspecified atom stereocenters. The molecule has 1 saturated carbocycles.